The van der Waals surface area contributed by atoms with E-state index >= 15 is 0 Å². The molecule has 0 spiro atoms. The molecule has 6 heteroatoms. The van der Waals surface area contributed by atoms with Crippen molar-refractivity contribution in [2.45, 2.75) is 0 Å². The van der Waals surface area contributed by atoms with Crippen LogP contribution in [-0.2, 0) is 4.79 Å². The molecule has 0 saturated carbocycles. The van der Waals surface area contributed by atoms with Gasteiger partial charge >= 0.3 is 5.97 Å². The second-order valence-electron chi connectivity index (χ2n) is 3.53. The summed E-state index contributed by atoms with van der Waals surface area (Å²) in [5, 5.41) is 14.1. The van der Waals surface area contributed by atoms with Crippen molar-refractivity contribution in [1.82, 2.24) is 10.6 Å². The highest BCUT2D eigenvalue weighted by atomic mass is 16.5. The normalized spacial score (nSPS) is 9.83. The Morgan fingerprint density at radius 3 is 2.50 bits per heavy atom. The first kappa shape index (κ1) is 14.0. The van der Waals surface area contributed by atoms with E-state index in [4.69, 9.17) is 9.84 Å². The summed E-state index contributed by atoms with van der Waals surface area (Å²) in [5.41, 5.74) is 0.222. The highest BCUT2D eigenvalue weighted by Crippen LogP contribution is 2.11. The average Bonchev–Trinajstić information content (AvgIpc) is 2.38. The highest BCUT2D eigenvalue weighted by molar-refractivity contribution is 5.87. The fourth-order valence-electron chi connectivity index (χ4n) is 1.23. The zero-order valence-electron chi connectivity index (χ0n) is 10.1. The van der Waals surface area contributed by atoms with E-state index in [0.29, 0.717) is 18.9 Å². The molecule has 1 aromatic carbocycles. The molecule has 0 heterocycles. The number of carbonyl (C=O) groups excluding carboxylic acids is 1. The molecule has 1 rings (SSSR count). The lowest BCUT2D eigenvalue weighted by atomic mass is 10.2. The molecule has 0 bridgehead atoms. The molecule has 6 nitrogen and oxygen atoms in total. The summed E-state index contributed by atoms with van der Waals surface area (Å²) >= 11 is 0. The van der Waals surface area contributed by atoms with Crippen molar-refractivity contribution in [2.24, 2.45) is 0 Å². The van der Waals surface area contributed by atoms with E-state index in [1.165, 1.54) is 12.1 Å². The number of carboxylic acid groups (broad SMARTS) is 1. The molecule has 0 aliphatic carbocycles. The van der Waals surface area contributed by atoms with Crippen molar-refractivity contribution in [2.75, 3.05) is 26.7 Å². The summed E-state index contributed by atoms with van der Waals surface area (Å²) in [5.74, 6) is -0.448. The number of amides is 1. The van der Waals surface area contributed by atoms with Gasteiger partial charge in [-0.05, 0) is 24.3 Å². The van der Waals surface area contributed by atoms with Crippen LogP contribution in [0.5, 0.6) is 5.75 Å². The van der Waals surface area contributed by atoms with E-state index in [1.807, 2.05) is 0 Å². The molecule has 1 aromatic rings. The van der Waals surface area contributed by atoms with Crippen LogP contribution in [0.1, 0.15) is 10.4 Å². The largest absolute Gasteiger partial charge is 0.492 e. The standard InChI is InChI=1S/C12H16N2O4/c1-13-11(15)8-14-6-7-18-10-4-2-9(3-5-10)12(16)17/h2-5,14H,6-8H2,1H3,(H,13,15)(H,16,17). The quantitative estimate of drug-likeness (QED) is 0.599. The number of aromatic carboxylic acids is 1. The van der Waals surface area contributed by atoms with Crippen molar-refractivity contribution in [3.8, 4) is 5.75 Å². The van der Waals surface area contributed by atoms with Crippen molar-refractivity contribution in [3.05, 3.63) is 29.8 Å². The Balaban J connectivity index is 2.23. The molecule has 0 atom stereocenters. The number of ether oxygens (including phenoxy) is 1. The maximum absolute atomic E-state index is 10.9. The summed E-state index contributed by atoms with van der Waals surface area (Å²) in [6.45, 7) is 1.19. The molecule has 0 unspecified atom stereocenters. The van der Waals surface area contributed by atoms with Crippen LogP contribution in [-0.4, -0.2) is 43.7 Å². The summed E-state index contributed by atoms with van der Waals surface area (Å²) in [4.78, 5) is 21.5. The van der Waals surface area contributed by atoms with Crippen LogP contribution in [0.2, 0.25) is 0 Å². The number of hydrogen-bond acceptors (Lipinski definition) is 4. The zero-order valence-corrected chi connectivity index (χ0v) is 10.1. The minimum Gasteiger partial charge on any atom is -0.492 e. The minimum absolute atomic E-state index is 0.0826. The molecule has 3 N–H and O–H groups in total. The average molecular weight is 252 g/mol. The van der Waals surface area contributed by atoms with Crippen molar-refractivity contribution in [3.63, 3.8) is 0 Å². The Bertz CT molecular complexity index is 403. The first-order valence-electron chi connectivity index (χ1n) is 5.51. The van der Waals surface area contributed by atoms with Gasteiger partial charge in [0, 0.05) is 13.6 Å². The lowest BCUT2D eigenvalue weighted by Gasteiger charge is -2.07. The smallest absolute Gasteiger partial charge is 0.335 e. The van der Waals surface area contributed by atoms with E-state index in [2.05, 4.69) is 10.6 Å². The van der Waals surface area contributed by atoms with Crippen molar-refractivity contribution < 1.29 is 19.4 Å². The summed E-state index contributed by atoms with van der Waals surface area (Å²) < 4.78 is 5.37. The molecule has 18 heavy (non-hydrogen) atoms. The number of carboxylic acids is 1. The molecule has 0 saturated heterocycles. The molecular weight excluding hydrogens is 236 g/mol. The third-order valence-corrected chi connectivity index (χ3v) is 2.21. The monoisotopic (exact) mass is 252 g/mol. The molecule has 0 aliphatic heterocycles. The number of nitrogens with one attached hydrogen (secondary N) is 2. The van der Waals surface area contributed by atoms with Crippen LogP contribution in [0, 0.1) is 0 Å². The van der Waals surface area contributed by atoms with Gasteiger partial charge in [-0.3, -0.25) is 4.79 Å². The summed E-state index contributed by atoms with van der Waals surface area (Å²) in [6.07, 6.45) is 0. The number of rotatable bonds is 7. The van der Waals surface area contributed by atoms with Crippen molar-refractivity contribution in [1.29, 1.82) is 0 Å². The minimum atomic E-state index is -0.964. The third kappa shape index (κ3) is 4.84. The van der Waals surface area contributed by atoms with Crippen LogP contribution < -0.4 is 15.4 Å². The van der Waals surface area contributed by atoms with Crippen molar-refractivity contribution >= 4 is 11.9 Å². The first-order chi connectivity index (χ1) is 8.63. The van der Waals surface area contributed by atoms with Crippen LogP contribution in [0.25, 0.3) is 0 Å². The van der Waals surface area contributed by atoms with Crippen LogP contribution in [0.3, 0.4) is 0 Å². The van der Waals surface area contributed by atoms with Gasteiger partial charge in [0.05, 0.1) is 12.1 Å². The van der Waals surface area contributed by atoms with E-state index in [1.54, 1.807) is 19.2 Å². The highest BCUT2D eigenvalue weighted by Gasteiger charge is 2.02. The SMILES string of the molecule is CNC(=O)CNCCOc1ccc(C(=O)O)cc1. The second kappa shape index (κ2) is 7.29. The molecule has 1 amide bonds. The number of carbonyl (C=O) groups is 2. The van der Waals surface area contributed by atoms with Gasteiger partial charge in [0.25, 0.3) is 0 Å². The van der Waals surface area contributed by atoms with Gasteiger partial charge in [-0.1, -0.05) is 0 Å². The Morgan fingerprint density at radius 2 is 1.94 bits per heavy atom. The molecule has 0 aliphatic rings. The maximum atomic E-state index is 10.9. The maximum Gasteiger partial charge on any atom is 0.335 e. The first-order valence-corrected chi connectivity index (χ1v) is 5.51. The summed E-state index contributed by atoms with van der Waals surface area (Å²) in [6, 6.07) is 6.16. The fraction of sp³-hybridized carbons (Fsp3) is 0.333. The van der Waals surface area contributed by atoms with E-state index in [-0.39, 0.29) is 18.0 Å². The third-order valence-electron chi connectivity index (χ3n) is 2.21. The Hall–Kier alpha value is -2.08. The van der Waals surface area contributed by atoms with Gasteiger partial charge in [-0.2, -0.15) is 0 Å². The van der Waals surface area contributed by atoms with Crippen LogP contribution in [0.15, 0.2) is 24.3 Å². The molecule has 0 aromatic heterocycles. The summed E-state index contributed by atoms with van der Waals surface area (Å²) in [7, 11) is 1.57. The van der Waals surface area contributed by atoms with Gasteiger partial charge < -0.3 is 20.5 Å². The fourth-order valence-corrected chi connectivity index (χ4v) is 1.23. The molecule has 0 radical (unpaired) electrons. The number of hydrogen-bond donors (Lipinski definition) is 3. The molecule has 0 fully saturated rings. The van der Waals surface area contributed by atoms with Gasteiger partial charge in [0.15, 0.2) is 0 Å². The lowest BCUT2D eigenvalue weighted by Crippen LogP contribution is -2.33. The predicted molar refractivity (Wildman–Crippen MR) is 65.8 cm³/mol. The predicted octanol–water partition coefficient (Wildman–Crippen LogP) is 0.0992. The number of likely N-dealkylation sites (N-methyl/N-ethyl adjacent to an activating group) is 1. The molecule has 98 valence electrons. The van der Waals surface area contributed by atoms with Crippen LogP contribution in [0.4, 0.5) is 0 Å². The lowest BCUT2D eigenvalue weighted by molar-refractivity contribution is -0.119. The molecular formula is C12H16N2O4. The Kier molecular flexibility index (Phi) is 5.66. The van der Waals surface area contributed by atoms with Gasteiger partial charge in [0.2, 0.25) is 5.91 Å². The van der Waals surface area contributed by atoms with E-state index in [9.17, 15) is 9.59 Å². The zero-order chi connectivity index (χ0) is 13.4. The van der Waals surface area contributed by atoms with Gasteiger partial charge in [0.1, 0.15) is 12.4 Å². The van der Waals surface area contributed by atoms with Crippen LogP contribution >= 0.6 is 0 Å². The Labute approximate surface area is 105 Å². The van der Waals surface area contributed by atoms with Gasteiger partial charge in [-0.25, -0.2) is 4.79 Å². The number of benzene rings is 1. The van der Waals surface area contributed by atoms with Gasteiger partial charge in [-0.15, -0.1) is 0 Å². The van der Waals surface area contributed by atoms with E-state index in [0.717, 1.165) is 0 Å². The second-order valence-corrected chi connectivity index (χ2v) is 3.53. The Morgan fingerprint density at radius 1 is 1.28 bits per heavy atom. The van der Waals surface area contributed by atoms with E-state index < -0.39 is 5.97 Å². The topological polar surface area (TPSA) is 87.7 Å².